The van der Waals surface area contributed by atoms with Gasteiger partial charge >= 0.3 is 5.97 Å². The van der Waals surface area contributed by atoms with Gasteiger partial charge in [0.25, 0.3) is 0 Å². The summed E-state index contributed by atoms with van der Waals surface area (Å²) in [5, 5.41) is 1.85. The van der Waals surface area contributed by atoms with Crippen molar-refractivity contribution in [2.24, 2.45) is 28.3 Å². The minimum Gasteiger partial charge on any atom is -0.497 e. The SMILES string of the molecule is COc1ccc(COC(=O)[C@@]2(C)CCCC[C@H]2C(=O)N2CCc3c(Cl)cc(F)c(OC/C(N)=C4\CCCCN4N)c3C2CN2CC3(CC3)CC2=O)c(OC)c1. The Morgan fingerprint density at radius 3 is 2.55 bits per heavy atom. The molecular formula is C41H53ClFN5O7. The second-order valence-electron chi connectivity index (χ2n) is 16.2. The van der Waals surface area contributed by atoms with E-state index < -0.39 is 29.2 Å². The highest BCUT2D eigenvalue weighted by atomic mass is 35.5. The number of allylic oxidation sites excluding steroid dienone is 1. The van der Waals surface area contributed by atoms with Crippen LogP contribution in [0.5, 0.6) is 17.2 Å². The number of methoxy groups -OCH3 is 2. The van der Waals surface area contributed by atoms with Crippen LogP contribution in [0.3, 0.4) is 0 Å². The van der Waals surface area contributed by atoms with Gasteiger partial charge in [-0.15, -0.1) is 0 Å². The molecule has 2 aromatic carbocycles. The summed E-state index contributed by atoms with van der Waals surface area (Å²) in [6.45, 7) is 3.30. The van der Waals surface area contributed by atoms with Gasteiger partial charge in [-0.1, -0.05) is 24.4 Å². The van der Waals surface area contributed by atoms with Gasteiger partial charge < -0.3 is 39.5 Å². The first-order valence-electron chi connectivity index (χ1n) is 19.5. The van der Waals surface area contributed by atoms with Gasteiger partial charge in [-0.3, -0.25) is 14.4 Å². The lowest BCUT2D eigenvalue weighted by molar-refractivity contribution is -0.169. The topological polar surface area (TPSA) is 150 Å². The lowest BCUT2D eigenvalue weighted by atomic mass is 9.66. The Balaban J connectivity index is 1.20. The molecule has 1 unspecified atom stereocenters. The molecule has 4 N–H and O–H groups in total. The number of hydrogen-bond donors (Lipinski definition) is 2. The molecule has 55 heavy (non-hydrogen) atoms. The summed E-state index contributed by atoms with van der Waals surface area (Å²) < 4.78 is 39.2. The molecule has 5 aliphatic rings. The summed E-state index contributed by atoms with van der Waals surface area (Å²) in [5.74, 6) is 5.22. The summed E-state index contributed by atoms with van der Waals surface area (Å²) in [6.07, 6.45) is 7.77. The number of hydrogen-bond acceptors (Lipinski definition) is 10. The molecule has 2 aliphatic carbocycles. The number of nitrogens with two attached hydrogens (primary N) is 2. The van der Waals surface area contributed by atoms with Crippen LogP contribution in [0, 0.1) is 22.6 Å². The van der Waals surface area contributed by atoms with Crippen LogP contribution in [0.25, 0.3) is 0 Å². The predicted octanol–water partition coefficient (Wildman–Crippen LogP) is 5.78. The molecule has 0 aromatic heterocycles. The van der Waals surface area contributed by atoms with Crippen molar-refractivity contribution in [3.63, 3.8) is 0 Å². The number of fused-ring (bicyclic) bond motifs is 1. The monoisotopic (exact) mass is 781 g/mol. The number of ether oxygens (including phenoxy) is 4. The highest BCUT2D eigenvalue weighted by Gasteiger charge is 2.54. The third kappa shape index (κ3) is 7.66. The van der Waals surface area contributed by atoms with Gasteiger partial charge in [-0.05, 0) is 87.5 Å². The van der Waals surface area contributed by atoms with Gasteiger partial charge in [-0.2, -0.15) is 0 Å². The molecule has 2 amide bonds. The summed E-state index contributed by atoms with van der Waals surface area (Å²) in [4.78, 5) is 46.2. The molecule has 14 heteroatoms. The normalized spacial score (nSPS) is 25.4. The minimum absolute atomic E-state index is 0.0105. The van der Waals surface area contributed by atoms with Crippen LogP contribution in [0.2, 0.25) is 5.02 Å². The molecule has 3 heterocycles. The van der Waals surface area contributed by atoms with Crippen molar-refractivity contribution in [1.29, 1.82) is 0 Å². The van der Waals surface area contributed by atoms with Gasteiger partial charge in [0.05, 0.1) is 43.0 Å². The molecule has 3 aliphatic heterocycles. The Kier molecular flexibility index (Phi) is 11.2. The van der Waals surface area contributed by atoms with Crippen LogP contribution in [-0.4, -0.2) is 79.6 Å². The van der Waals surface area contributed by atoms with Crippen LogP contribution in [-0.2, 0) is 32.1 Å². The molecule has 7 rings (SSSR count). The third-order valence-corrected chi connectivity index (χ3v) is 13.0. The van der Waals surface area contributed by atoms with E-state index in [9.17, 15) is 9.59 Å². The zero-order chi connectivity index (χ0) is 39.1. The summed E-state index contributed by atoms with van der Waals surface area (Å²) in [6, 6.07) is 5.75. The predicted molar refractivity (Wildman–Crippen MR) is 203 cm³/mol. The summed E-state index contributed by atoms with van der Waals surface area (Å²) >= 11 is 6.76. The van der Waals surface area contributed by atoms with E-state index in [-0.39, 0.29) is 54.3 Å². The molecule has 12 nitrogen and oxygen atoms in total. The molecule has 2 saturated carbocycles. The van der Waals surface area contributed by atoms with E-state index in [0.29, 0.717) is 79.1 Å². The highest BCUT2D eigenvalue weighted by molar-refractivity contribution is 6.31. The minimum atomic E-state index is -1.13. The van der Waals surface area contributed by atoms with Crippen molar-refractivity contribution < 1.29 is 37.7 Å². The zero-order valence-corrected chi connectivity index (χ0v) is 32.9. The number of piperidine rings is 1. The van der Waals surface area contributed by atoms with Gasteiger partial charge in [-0.25, -0.2) is 10.2 Å². The molecule has 298 valence electrons. The lowest BCUT2D eigenvalue weighted by Crippen LogP contribution is -2.53. The molecule has 0 radical (unpaired) electrons. The number of nitrogens with zero attached hydrogens (tertiary/aromatic N) is 3. The Hall–Kier alpha value is -4.23. The Morgan fingerprint density at radius 1 is 1.04 bits per heavy atom. The van der Waals surface area contributed by atoms with Crippen molar-refractivity contribution in [3.8, 4) is 17.2 Å². The van der Waals surface area contributed by atoms with E-state index in [0.717, 1.165) is 44.2 Å². The van der Waals surface area contributed by atoms with E-state index in [2.05, 4.69) is 0 Å². The molecule has 0 bridgehead atoms. The number of esters is 1. The van der Waals surface area contributed by atoms with Crippen LogP contribution in [0.4, 0.5) is 4.39 Å². The number of halogens is 2. The fourth-order valence-electron chi connectivity index (χ4n) is 9.16. The zero-order valence-electron chi connectivity index (χ0n) is 32.1. The molecule has 2 aromatic rings. The first-order chi connectivity index (χ1) is 26.4. The third-order valence-electron chi connectivity index (χ3n) is 12.7. The lowest BCUT2D eigenvalue weighted by Gasteiger charge is -2.45. The van der Waals surface area contributed by atoms with Crippen LogP contribution in [0.1, 0.15) is 93.9 Å². The first kappa shape index (κ1) is 39.0. The van der Waals surface area contributed by atoms with Gasteiger partial charge in [0.2, 0.25) is 11.8 Å². The van der Waals surface area contributed by atoms with Crippen LogP contribution < -0.4 is 25.8 Å². The number of carbonyl (C=O) groups excluding carboxylic acids is 3. The van der Waals surface area contributed by atoms with Crippen molar-refractivity contribution >= 4 is 29.4 Å². The van der Waals surface area contributed by atoms with E-state index in [1.54, 1.807) is 40.1 Å². The van der Waals surface area contributed by atoms with E-state index >= 15 is 9.18 Å². The van der Waals surface area contributed by atoms with Crippen molar-refractivity contribution in [3.05, 3.63) is 63.2 Å². The van der Waals surface area contributed by atoms with Crippen molar-refractivity contribution in [1.82, 2.24) is 14.8 Å². The standard InChI is InChI=1S/C41H53ClFN5O7/c1-40(39(51)55-22-25-10-11-26(52-2)18-34(25)53-3)13-6-4-8-28(40)38(50)47-17-12-27-29(42)19-30(43)37(54-23-31(44)32-9-5-7-16-48(32)45)36(27)33(47)21-46-24-41(14-15-41)20-35(46)49/h10-11,18-19,28,33H,4-9,12-17,20-24,44-45H2,1-3H3/b32-31-/t28-,33?,40-/m0/s1. The molecule has 3 atom stereocenters. The molecular weight excluding hydrogens is 729 g/mol. The van der Waals surface area contributed by atoms with Gasteiger partial charge in [0.15, 0.2) is 11.6 Å². The van der Waals surface area contributed by atoms with Gasteiger partial charge in [0.1, 0.15) is 24.7 Å². The van der Waals surface area contributed by atoms with E-state index in [1.165, 1.54) is 13.2 Å². The fraction of sp³-hybridized carbons (Fsp3) is 0.585. The number of carbonyl (C=O) groups is 3. The fourth-order valence-corrected chi connectivity index (χ4v) is 9.45. The maximum atomic E-state index is 16.2. The van der Waals surface area contributed by atoms with E-state index in [4.69, 9.17) is 42.1 Å². The first-order valence-corrected chi connectivity index (χ1v) is 19.9. The highest BCUT2D eigenvalue weighted by Crippen LogP contribution is 2.54. The Bertz CT molecular complexity index is 1870. The van der Waals surface area contributed by atoms with E-state index in [1.807, 2.05) is 6.92 Å². The van der Waals surface area contributed by atoms with Crippen molar-refractivity contribution in [2.45, 2.75) is 90.2 Å². The maximum Gasteiger partial charge on any atom is 0.312 e. The van der Waals surface area contributed by atoms with Gasteiger partial charge in [0, 0.05) is 54.8 Å². The number of hydrazine groups is 1. The average Bonchev–Trinajstić information content (AvgIpc) is 3.86. The van der Waals surface area contributed by atoms with Crippen LogP contribution in [0.15, 0.2) is 35.7 Å². The smallest absolute Gasteiger partial charge is 0.312 e. The maximum absolute atomic E-state index is 16.2. The molecule has 1 spiro atoms. The second kappa shape index (κ2) is 15.7. The quantitative estimate of drug-likeness (QED) is 0.212. The Morgan fingerprint density at radius 2 is 1.84 bits per heavy atom. The summed E-state index contributed by atoms with van der Waals surface area (Å²) in [5.41, 5.74) is 8.27. The average molecular weight is 782 g/mol. The summed E-state index contributed by atoms with van der Waals surface area (Å²) in [7, 11) is 3.10. The van der Waals surface area contributed by atoms with Crippen LogP contribution >= 0.6 is 11.6 Å². The Labute approximate surface area is 327 Å². The number of benzene rings is 2. The molecule has 4 fully saturated rings. The number of rotatable bonds is 11. The molecule has 2 saturated heterocycles. The number of amides is 2. The van der Waals surface area contributed by atoms with Crippen molar-refractivity contribution in [2.75, 3.05) is 47.0 Å². The number of likely N-dealkylation sites (tertiary alicyclic amines) is 1. The second-order valence-corrected chi connectivity index (χ2v) is 16.6. The largest absolute Gasteiger partial charge is 0.497 e.